The molecule has 0 fully saturated rings. The lowest BCUT2D eigenvalue weighted by Gasteiger charge is -2.18. The number of anilines is 2. The molecule has 2 N–H and O–H groups in total. The molecule has 0 saturated heterocycles. The number of hydrogen-bond acceptors (Lipinski definition) is 6. The summed E-state index contributed by atoms with van der Waals surface area (Å²) in [5, 5.41) is 5.08. The number of hydrogen-bond donors (Lipinski definition) is 2. The Morgan fingerprint density at radius 3 is 2.41 bits per heavy atom. The Balaban J connectivity index is 1.48. The van der Waals surface area contributed by atoms with E-state index in [2.05, 4.69) is 10.6 Å². The maximum atomic E-state index is 13.4. The molecule has 0 spiro atoms. The number of carbonyl (C=O) groups is 4. The van der Waals surface area contributed by atoms with Crippen molar-refractivity contribution in [3.8, 4) is 0 Å². The normalized spacial score (nSPS) is 14.1. The monoisotopic (exact) mass is 527 g/mol. The number of rotatable bonds is 6. The first-order chi connectivity index (χ1) is 18.6. The van der Waals surface area contributed by atoms with Crippen molar-refractivity contribution in [3.63, 3.8) is 0 Å². The highest BCUT2D eigenvalue weighted by Crippen LogP contribution is 2.35. The number of esters is 1. The van der Waals surface area contributed by atoms with Gasteiger partial charge in [0.2, 0.25) is 0 Å². The molecule has 1 aliphatic heterocycles. The summed E-state index contributed by atoms with van der Waals surface area (Å²) in [7, 11) is 1.25. The number of carbonyl (C=O) groups excluding carboxylic acids is 4. The number of nitrogens with one attached hydrogen (secondary N) is 2. The van der Waals surface area contributed by atoms with Crippen molar-refractivity contribution in [2.45, 2.75) is 34.2 Å². The van der Waals surface area contributed by atoms with E-state index in [1.807, 2.05) is 45.0 Å². The standard InChI is InChI=1S/C30H29N3O6/c1-17-7-6-8-22(13-17)33-20(4)26(30(37)38-5)25(29(33)36)15-23-11-12-24(39-23)16-31-27(34)28(35)32-21-10-9-18(2)19(3)14-21/h6-15H,16H2,1-5H3,(H,31,34)(H,32,35)/b25-15+. The summed E-state index contributed by atoms with van der Waals surface area (Å²) >= 11 is 0. The molecule has 0 saturated carbocycles. The summed E-state index contributed by atoms with van der Waals surface area (Å²) < 4.78 is 10.7. The smallest absolute Gasteiger partial charge is 0.340 e. The van der Waals surface area contributed by atoms with Gasteiger partial charge in [0.15, 0.2) is 0 Å². The van der Waals surface area contributed by atoms with Crippen LogP contribution in [0.2, 0.25) is 0 Å². The third-order valence-corrected chi connectivity index (χ3v) is 6.41. The molecule has 2 aromatic carbocycles. The fourth-order valence-electron chi connectivity index (χ4n) is 4.22. The molecule has 39 heavy (non-hydrogen) atoms. The van der Waals surface area contributed by atoms with Gasteiger partial charge in [-0.15, -0.1) is 0 Å². The number of amides is 3. The molecule has 200 valence electrons. The fraction of sp³-hybridized carbons (Fsp3) is 0.200. The van der Waals surface area contributed by atoms with Crippen LogP contribution in [0.15, 0.2) is 75.9 Å². The third-order valence-electron chi connectivity index (χ3n) is 6.41. The molecule has 9 nitrogen and oxygen atoms in total. The van der Waals surface area contributed by atoms with E-state index in [1.165, 1.54) is 18.1 Å². The van der Waals surface area contributed by atoms with E-state index >= 15 is 0 Å². The second-order valence-electron chi connectivity index (χ2n) is 9.23. The van der Waals surface area contributed by atoms with Crippen LogP contribution >= 0.6 is 0 Å². The van der Waals surface area contributed by atoms with Crippen LogP contribution < -0.4 is 15.5 Å². The highest BCUT2D eigenvalue weighted by Gasteiger charge is 2.38. The van der Waals surface area contributed by atoms with Crippen LogP contribution in [0.25, 0.3) is 6.08 Å². The van der Waals surface area contributed by atoms with Crippen LogP contribution in [0.4, 0.5) is 11.4 Å². The molecule has 0 radical (unpaired) electrons. The van der Waals surface area contributed by atoms with E-state index in [9.17, 15) is 19.2 Å². The first kappa shape index (κ1) is 27.1. The SMILES string of the molecule is COC(=O)C1=C(C)N(c2cccc(C)c2)C(=O)/C1=C/c1ccc(CNC(=O)C(=O)Nc2ccc(C)c(C)c2)o1. The van der Waals surface area contributed by atoms with Gasteiger partial charge in [0.1, 0.15) is 11.5 Å². The summed E-state index contributed by atoms with van der Waals surface area (Å²) in [5.74, 6) is -2.01. The van der Waals surface area contributed by atoms with E-state index in [0.29, 0.717) is 28.6 Å². The average Bonchev–Trinajstić information content (AvgIpc) is 3.45. The minimum absolute atomic E-state index is 0.0511. The summed E-state index contributed by atoms with van der Waals surface area (Å²) in [6.07, 6.45) is 1.46. The maximum absolute atomic E-state index is 13.4. The molecule has 3 aromatic rings. The van der Waals surface area contributed by atoms with E-state index in [-0.39, 0.29) is 17.7 Å². The Morgan fingerprint density at radius 1 is 0.949 bits per heavy atom. The summed E-state index contributed by atoms with van der Waals surface area (Å²) in [6, 6.07) is 16.0. The van der Waals surface area contributed by atoms with Gasteiger partial charge in [-0.05, 0) is 86.9 Å². The van der Waals surface area contributed by atoms with Crippen molar-refractivity contribution in [2.75, 3.05) is 17.3 Å². The second-order valence-corrected chi connectivity index (χ2v) is 9.23. The lowest BCUT2D eigenvalue weighted by Crippen LogP contribution is -2.34. The zero-order valence-corrected chi connectivity index (χ0v) is 22.4. The van der Waals surface area contributed by atoms with Crippen LogP contribution in [0, 0.1) is 20.8 Å². The Morgan fingerprint density at radius 2 is 1.72 bits per heavy atom. The number of aryl methyl sites for hydroxylation is 3. The number of methoxy groups -OCH3 is 1. The van der Waals surface area contributed by atoms with Crippen molar-refractivity contribution in [1.82, 2.24) is 5.32 Å². The van der Waals surface area contributed by atoms with E-state index in [1.54, 1.807) is 37.3 Å². The van der Waals surface area contributed by atoms with Gasteiger partial charge < -0.3 is 19.8 Å². The van der Waals surface area contributed by atoms with Gasteiger partial charge in [-0.2, -0.15) is 0 Å². The van der Waals surface area contributed by atoms with Gasteiger partial charge >= 0.3 is 17.8 Å². The third kappa shape index (κ3) is 5.82. The predicted octanol–water partition coefficient (Wildman–Crippen LogP) is 4.34. The number of nitrogens with zero attached hydrogens (tertiary/aromatic N) is 1. The predicted molar refractivity (Wildman–Crippen MR) is 146 cm³/mol. The van der Waals surface area contributed by atoms with Crippen LogP contribution in [-0.4, -0.2) is 30.8 Å². The first-order valence-electron chi connectivity index (χ1n) is 12.3. The minimum Gasteiger partial charge on any atom is -0.465 e. The van der Waals surface area contributed by atoms with Gasteiger partial charge in [-0.3, -0.25) is 19.3 Å². The van der Waals surface area contributed by atoms with Gasteiger partial charge in [0, 0.05) is 17.1 Å². The lowest BCUT2D eigenvalue weighted by atomic mass is 10.1. The molecule has 0 aliphatic carbocycles. The molecule has 0 unspecified atom stereocenters. The molecule has 1 aromatic heterocycles. The van der Waals surface area contributed by atoms with Gasteiger partial charge in [-0.25, -0.2) is 4.79 Å². The van der Waals surface area contributed by atoms with E-state index in [0.717, 1.165) is 16.7 Å². The fourth-order valence-corrected chi connectivity index (χ4v) is 4.22. The van der Waals surface area contributed by atoms with Crippen molar-refractivity contribution in [2.24, 2.45) is 0 Å². The van der Waals surface area contributed by atoms with Crippen molar-refractivity contribution in [1.29, 1.82) is 0 Å². The van der Waals surface area contributed by atoms with Gasteiger partial charge in [-0.1, -0.05) is 18.2 Å². The Hall–Kier alpha value is -4.92. The zero-order valence-electron chi connectivity index (χ0n) is 22.4. The van der Waals surface area contributed by atoms with Crippen LogP contribution in [0.1, 0.15) is 35.1 Å². The highest BCUT2D eigenvalue weighted by molar-refractivity contribution is 6.39. The molecule has 9 heteroatoms. The molecule has 2 heterocycles. The quantitative estimate of drug-likeness (QED) is 0.280. The minimum atomic E-state index is -0.823. The van der Waals surface area contributed by atoms with Crippen molar-refractivity contribution < 1.29 is 28.3 Å². The Kier molecular flexibility index (Phi) is 7.80. The van der Waals surface area contributed by atoms with Gasteiger partial charge in [0.05, 0.1) is 24.8 Å². The summed E-state index contributed by atoms with van der Waals surface area (Å²) in [6.45, 7) is 7.41. The highest BCUT2D eigenvalue weighted by atomic mass is 16.5. The molecular weight excluding hydrogens is 498 g/mol. The molecule has 1 aliphatic rings. The van der Waals surface area contributed by atoms with E-state index in [4.69, 9.17) is 9.15 Å². The Bertz CT molecular complexity index is 1550. The van der Waals surface area contributed by atoms with Gasteiger partial charge in [0.25, 0.3) is 5.91 Å². The number of furan rings is 1. The summed E-state index contributed by atoms with van der Waals surface area (Å²) in [5.41, 5.74) is 4.89. The largest absolute Gasteiger partial charge is 0.465 e. The van der Waals surface area contributed by atoms with E-state index < -0.39 is 23.7 Å². The topological polar surface area (TPSA) is 118 Å². The molecular formula is C30H29N3O6. The lowest BCUT2D eigenvalue weighted by molar-refractivity contribution is -0.136. The zero-order chi connectivity index (χ0) is 28.3. The molecule has 0 bridgehead atoms. The molecule has 4 rings (SSSR count). The van der Waals surface area contributed by atoms with Crippen molar-refractivity contribution in [3.05, 3.63) is 99.7 Å². The number of allylic oxidation sites excluding steroid dienone is 1. The maximum Gasteiger partial charge on any atom is 0.340 e. The van der Waals surface area contributed by atoms with Crippen LogP contribution in [-0.2, 0) is 30.5 Å². The Labute approximate surface area is 226 Å². The second kappa shape index (κ2) is 11.2. The average molecular weight is 528 g/mol. The molecule has 0 atom stereocenters. The van der Waals surface area contributed by atoms with Crippen LogP contribution in [0.3, 0.4) is 0 Å². The summed E-state index contributed by atoms with van der Waals surface area (Å²) in [4.78, 5) is 52.1. The molecule has 3 amide bonds. The first-order valence-corrected chi connectivity index (χ1v) is 12.3. The van der Waals surface area contributed by atoms with Crippen LogP contribution in [0.5, 0.6) is 0 Å². The van der Waals surface area contributed by atoms with Crippen molar-refractivity contribution >= 4 is 41.1 Å². The number of ether oxygens (including phenoxy) is 1. The number of benzene rings is 2.